The minimum atomic E-state index is -0.385. The second-order valence-corrected chi connectivity index (χ2v) is 9.32. The van der Waals surface area contributed by atoms with Crippen LogP contribution in [-0.4, -0.2) is 10.5 Å². The number of halogens is 2. The molecule has 1 N–H and O–H groups in total. The van der Waals surface area contributed by atoms with Crippen LogP contribution in [0.4, 0.5) is 0 Å². The summed E-state index contributed by atoms with van der Waals surface area (Å²) in [4.78, 5) is 13.6. The molecule has 2 aromatic carbocycles. The molecule has 0 aliphatic rings. The first-order valence-electron chi connectivity index (χ1n) is 9.48. The van der Waals surface area contributed by atoms with Crippen molar-refractivity contribution in [3.63, 3.8) is 0 Å². The third kappa shape index (κ3) is 5.08. The number of carbonyl (C=O) groups excluding carboxylic acids is 1. The molecule has 31 heavy (non-hydrogen) atoms. The predicted molar refractivity (Wildman–Crippen MR) is 130 cm³/mol. The van der Waals surface area contributed by atoms with Crippen LogP contribution >= 0.6 is 38.9 Å². The fourth-order valence-electron chi connectivity index (χ4n) is 3.31. The molecular weight excluding hydrogens is 494 g/mol. The van der Waals surface area contributed by atoms with E-state index in [0.29, 0.717) is 18.1 Å². The van der Waals surface area contributed by atoms with Crippen molar-refractivity contribution >= 4 is 61.8 Å². The summed E-state index contributed by atoms with van der Waals surface area (Å²) < 4.78 is 3.04. The van der Waals surface area contributed by atoms with Crippen LogP contribution in [0.1, 0.15) is 16.0 Å². The molecule has 0 bridgehead atoms. The Hall–Kier alpha value is -2.85. The van der Waals surface area contributed by atoms with Gasteiger partial charge in [0.05, 0.1) is 6.54 Å². The first kappa shape index (κ1) is 21.4. The zero-order valence-electron chi connectivity index (χ0n) is 16.3. The van der Waals surface area contributed by atoms with Crippen LogP contribution in [-0.2, 0) is 17.9 Å². The lowest BCUT2D eigenvalue weighted by Gasteiger charge is -2.06. The van der Waals surface area contributed by atoms with E-state index < -0.39 is 0 Å². The maximum Gasteiger partial charge on any atom is 0.262 e. The third-order valence-corrected chi connectivity index (χ3v) is 6.43. The first-order valence-corrected chi connectivity index (χ1v) is 11.5. The number of aromatic nitrogens is 1. The van der Waals surface area contributed by atoms with Crippen molar-refractivity contribution in [1.82, 2.24) is 9.88 Å². The normalized spacial score (nSPS) is 11.5. The van der Waals surface area contributed by atoms with Gasteiger partial charge in [-0.3, -0.25) is 4.79 Å². The first-order chi connectivity index (χ1) is 15.0. The number of benzene rings is 2. The van der Waals surface area contributed by atoms with Gasteiger partial charge in [-0.15, -0.1) is 11.3 Å². The maximum absolute atomic E-state index is 12.6. The molecule has 0 radical (unpaired) electrons. The summed E-state index contributed by atoms with van der Waals surface area (Å²) in [6.45, 7) is 1.05. The molecule has 0 atom stereocenters. The van der Waals surface area contributed by atoms with E-state index in [9.17, 15) is 10.1 Å². The van der Waals surface area contributed by atoms with Gasteiger partial charge >= 0.3 is 0 Å². The summed E-state index contributed by atoms with van der Waals surface area (Å²) in [6.07, 6.45) is 3.62. The van der Waals surface area contributed by atoms with E-state index in [2.05, 4.69) is 25.8 Å². The molecule has 0 unspecified atom stereocenters. The molecule has 0 saturated carbocycles. The number of nitrogens with zero attached hydrogens (tertiary/aromatic N) is 2. The Bertz CT molecular complexity index is 1300. The van der Waals surface area contributed by atoms with Crippen LogP contribution in [0.15, 0.2) is 76.2 Å². The number of rotatable bonds is 6. The highest BCUT2D eigenvalue weighted by Gasteiger charge is 2.13. The second kappa shape index (κ2) is 9.52. The summed E-state index contributed by atoms with van der Waals surface area (Å²) in [5, 5.41) is 16.0. The lowest BCUT2D eigenvalue weighted by molar-refractivity contribution is -0.117. The highest BCUT2D eigenvalue weighted by Crippen LogP contribution is 2.28. The Labute approximate surface area is 197 Å². The van der Waals surface area contributed by atoms with E-state index in [1.165, 1.54) is 0 Å². The molecule has 0 saturated heterocycles. The Morgan fingerprint density at radius 1 is 1.23 bits per heavy atom. The molecule has 4 nitrogen and oxygen atoms in total. The smallest absolute Gasteiger partial charge is 0.262 e. The minimum Gasteiger partial charge on any atom is -0.347 e. The van der Waals surface area contributed by atoms with E-state index in [1.807, 2.05) is 72.2 Å². The fraction of sp³-hybridized carbons (Fsp3) is 0.0833. The number of fused-ring (bicyclic) bond motifs is 1. The highest BCUT2D eigenvalue weighted by molar-refractivity contribution is 9.10. The van der Waals surface area contributed by atoms with E-state index >= 15 is 0 Å². The van der Waals surface area contributed by atoms with Gasteiger partial charge in [-0.2, -0.15) is 5.26 Å². The van der Waals surface area contributed by atoms with E-state index in [1.54, 1.807) is 17.4 Å². The average Bonchev–Trinajstić information content (AvgIpc) is 3.40. The van der Waals surface area contributed by atoms with Crippen LogP contribution in [0, 0.1) is 11.3 Å². The monoisotopic (exact) mass is 509 g/mol. The predicted octanol–water partition coefficient (Wildman–Crippen LogP) is 6.39. The Balaban J connectivity index is 1.66. The summed E-state index contributed by atoms with van der Waals surface area (Å²) in [5.74, 6) is -0.385. The zero-order valence-corrected chi connectivity index (χ0v) is 19.5. The molecule has 0 aliphatic heterocycles. The summed E-state index contributed by atoms with van der Waals surface area (Å²) in [7, 11) is 0. The van der Waals surface area contributed by atoms with E-state index in [0.717, 1.165) is 31.4 Å². The molecule has 2 aromatic heterocycles. The topological polar surface area (TPSA) is 57.8 Å². The van der Waals surface area contributed by atoms with Crippen molar-refractivity contribution in [1.29, 1.82) is 5.26 Å². The lowest BCUT2D eigenvalue weighted by atomic mass is 10.1. The SMILES string of the molecule is N#C/C(=C\c1cn(Cc2ccc(Cl)cc2)c2ccc(Br)cc12)C(=O)NCc1cccs1. The van der Waals surface area contributed by atoms with Crippen LogP contribution in [0.3, 0.4) is 0 Å². The van der Waals surface area contributed by atoms with Crippen molar-refractivity contribution in [3.05, 3.63) is 97.2 Å². The van der Waals surface area contributed by atoms with Gasteiger partial charge in [0.15, 0.2) is 0 Å². The molecule has 0 spiro atoms. The lowest BCUT2D eigenvalue weighted by Crippen LogP contribution is -2.23. The Morgan fingerprint density at radius 2 is 2.03 bits per heavy atom. The van der Waals surface area contributed by atoms with Crippen molar-refractivity contribution in [2.45, 2.75) is 13.1 Å². The average molecular weight is 511 g/mol. The van der Waals surface area contributed by atoms with Crippen LogP contribution in [0.5, 0.6) is 0 Å². The molecule has 0 fully saturated rings. The fourth-order valence-corrected chi connectivity index (χ4v) is 4.44. The van der Waals surface area contributed by atoms with Gasteiger partial charge in [-0.1, -0.05) is 45.7 Å². The van der Waals surface area contributed by atoms with E-state index in [-0.39, 0.29) is 11.5 Å². The molecule has 1 amide bonds. The molecule has 154 valence electrons. The molecule has 4 rings (SSSR count). The molecule has 2 heterocycles. The number of hydrogen-bond donors (Lipinski definition) is 1. The van der Waals surface area contributed by atoms with Gasteiger partial charge in [0, 0.05) is 43.6 Å². The van der Waals surface area contributed by atoms with Crippen LogP contribution < -0.4 is 5.32 Å². The van der Waals surface area contributed by atoms with Gasteiger partial charge in [0.25, 0.3) is 5.91 Å². The maximum atomic E-state index is 12.6. The quantitative estimate of drug-likeness (QED) is 0.241. The highest BCUT2D eigenvalue weighted by atomic mass is 79.9. The number of amides is 1. The van der Waals surface area contributed by atoms with Gasteiger partial charge in [0.2, 0.25) is 0 Å². The van der Waals surface area contributed by atoms with Gasteiger partial charge in [-0.05, 0) is 53.4 Å². The number of thiophene rings is 1. The van der Waals surface area contributed by atoms with Crippen molar-refractivity contribution in [3.8, 4) is 6.07 Å². The molecule has 0 aliphatic carbocycles. The molecular formula is C24H17BrClN3OS. The Kier molecular flexibility index (Phi) is 6.57. The van der Waals surface area contributed by atoms with Crippen LogP contribution in [0.25, 0.3) is 17.0 Å². The standard InChI is InChI=1S/C24H17BrClN3OS/c25-19-5-8-23-22(11-19)18(15-29(23)14-16-3-6-20(26)7-4-16)10-17(12-27)24(30)28-13-21-2-1-9-31-21/h1-11,15H,13-14H2,(H,28,30)/b17-10+. The Morgan fingerprint density at radius 3 is 2.74 bits per heavy atom. The van der Waals surface area contributed by atoms with Crippen molar-refractivity contribution < 1.29 is 4.79 Å². The van der Waals surface area contributed by atoms with Gasteiger partial charge in [0.1, 0.15) is 11.6 Å². The minimum absolute atomic E-state index is 0.0714. The summed E-state index contributed by atoms with van der Waals surface area (Å²) in [6, 6.07) is 19.6. The molecule has 7 heteroatoms. The number of carbonyl (C=O) groups is 1. The zero-order chi connectivity index (χ0) is 21.8. The third-order valence-electron chi connectivity index (χ3n) is 4.81. The molecule has 4 aromatic rings. The van der Waals surface area contributed by atoms with Crippen LogP contribution in [0.2, 0.25) is 5.02 Å². The van der Waals surface area contributed by atoms with Crippen molar-refractivity contribution in [2.24, 2.45) is 0 Å². The number of nitriles is 1. The second-order valence-electron chi connectivity index (χ2n) is 6.93. The van der Waals surface area contributed by atoms with E-state index in [4.69, 9.17) is 11.6 Å². The summed E-state index contributed by atoms with van der Waals surface area (Å²) in [5.41, 5.74) is 3.00. The van der Waals surface area contributed by atoms with Gasteiger partial charge < -0.3 is 9.88 Å². The largest absolute Gasteiger partial charge is 0.347 e. The number of hydrogen-bond acceptors (Lipinski definition) is 3. The van der Waals surface area contributed by atoms with Gasteiger partial charge in [-0.25, -0.2) is 0 Å². The summed E-state index contributed by atoms with van der Waals surface area (Å²) >= 11 is 11.1. The van der Waals surface area contributed by atoms with Crippen molar-refractivity contribution in [2.75, 3.05) is 0 Å². The number of nitrogens with one attached hydrogen (secondary N) is 1.